The monoisotopic (exact) mass is 549 g/mol. The van der Waals surface area contributed by atoms with E-state index in [4.69, 9.17) is 17.3 Å². The molecular weight excluding hydrogens is 530 g/mol. The number of halogens is 3. The van der Waals surface area contributed by atoms with Crippen LogP contribution in [0.1, 0.15) is 12.5 Å². The third-order valence-corrected chi connectivity index (χ3v) is 9.05. The lowest BCUT2D eigenvalue weighted by molar-refractivity contribution is -0.121. The predicted octanol–water partition coefficient (Wildman–Crippen LogP) is 4.91. The molecule has 0 bridgehead atoms. The summed E-state index contributed by atoms with van der Waals surface area (Å²) in [5.41, 5.74) is 6.85. The smallest absolute Gasteiger partial charge is 0.333 e. The zero-order chi connectivity index (χ0) is 26.1. The van der Waals surface area contributed by atoms with Crippen molar-refractivity contribution in [3.8, 4) is 11.3 Å². The molecule has 12 heteroatoms. The number of carbonyl (C=O) groups is 1. The van der Waals surface area contributed by atoms with Crippen molar-refractivity contribution in [3.63, 3.8) is 0 Å². The first-order valence-electron chi connectivity index (χ1n) is 10.6. The molecule has 0 saturated carbocycles. The van der Waals surface area contributed by atoms with Crippen LogP contribution in [0.2, 0.25) is 5.02 Å². The molecule has 0 aliphatic heterocycles. The van der Waals surface area contributed by atoms with Crippen molar-refractivity contribution in [3.05, 3.63) is 94.3 Å². The van der Waals surface area contributed by atoms with E-state index in [0.29, 0.717) is 11.3 Å². The van der Waals surface area contributed by atoms with Crippen molar-refractivity contribution in [2.75, 3.05) is 0 Å². The first-order chi connectivity index (χ1) is 17.1. The molecule has 0 aliphatic rings. The fourth-order valence-electron chi connectivity index (χ4n) is 3.97. The molecule has 4 aromatic rings. The summed E-state index contributed by atoms with van der Waals surface area (Å²) < 4.78 is 60.7. The number of nitrogens with zero attached hydrogens (tertiary/aromatic N) is 3. The van der Waals surface area contributed by atoms with Gasteiger partial charge in [-0.25, -0.2) is 8.78 Å². The van der Waals surface area contributed by atoms with E-state index in [2.05, 4.69) is 9.59 Å². The molecule has 1 aromatic heterocycles. The molecule has 1 amide bonds. The summed E-state index contributed by atoms with van der Waals surface area (Å²) in [5, 5.41) is 6.03. The Labute approximate surface area is 215 Å². The van der Waals surface area contributed by atoms with Gasteiger partial charge in [0.15, 0.2) is 17.5 Å². The minimum Gasteiger partial charge on any atom is -0.364 e. The second-order valence-corrected chi connectivity index (χ2v) is 11.2. The van der Waals surface area contributed by atoms with Gasteiger partial charge in [0.05, 0.1) is 0 Å². The van der Waals surface area contributed by atoms with Crippen LogP contribution in [0, 0.1) is 11.6 Å². The Balaban J connectivity index is 1.98. The van der Waals surface area contributed by atoms with Crippen molar-refractivity contribution >= 4 is 44.8 Å². The minimum absolute atomic E-state index is 0.242. The van der Waals surface area contributed by atoms with Gasteiger partial charge in [0.2, 0.25) is 0 Å². The Kier molecular flexibility index (Phi) is 7.19. The van der Waals surface area contributed by atoms with Gasteiger partial charge in [-0.3, -0.25) is 4.79 Å². The van der Waals surface area contributed by atoms with Gasteiger partial charge < -0.3 is 5.73 Å². The molecule has 3 aromatic carbocycles. The highest BCUT2D eigenvalue weighted by molar-refractivity contribution is 7.91. The Morgan fingerprint density at radius 2 is 1.75 bits per heavy atom. The lowest BCUT2D eigenvalue weighted by atomic mass is 10.1. The molecule has 1 unspecified atom stereocenters. The second-order valence-electron chi connectivity index (χ2n) is 8.04. The van der Waals surface area contributed by atoms with Crippen molar-refractivity contribution in [2.45, 2.75) is 24.4 Å². The van der Waals surface area contributed by atoms with Crippen LogP contribution >= 0.6 is 23.1 Å². The van der Waals surface area contributed by atoms with Crippen molar-refractivity contribution < 1.29 is 22.0 Å². The Morgan fingerprint density at radius 3 is 2.33 bits per heavy atom. The van der Waals surface area contributed by atoms with E-state index < -0.39 is 49.7 Å². The average molecular weight is 550 g/mol. The van der Waals surface area contributed by atoms with Gasteiger partial charge in [0.25, 0.3) is 5.91 Å². The third-order valence-electron chi connectivity index (χ3n) is 5.92. The zero-order valence-corrected chi connectivity index (χ0v) is 21.2. The van der Waals surface area contributed by atoms with Crippen molar-refractivity contribution in [1.29, 1.82) is 0 Å². The summed E-state index contributed by atoms with van der Waals surface area (Å²) in [6, 6.07) is 12.8. The van der Waals surface area contributed by atoms with Crippen LogP contribution < -0.4 is 9.62 Å². The van der Waals surface area contributed by atoms with Crippen LogP contribution in [-0.2, 0) is 21.4 Å². The molecule has 7 nitrogen and oxygen atoms in total. The van der Waals surface area contributed by atoms with Crippen LogP contribution in [0.4, 0.5) is 14.5 Å². The highest BCUT2D eigenvalue weighted by atomic mass is 35.5. The zero-order valence-electron chi connectivity index (χ0n) is 18.8. The molecule has 0 aliphatic carbocycles. The molecule has 4 rings (SSSR count). The maximum Gasteiger partial charge on any atom is 0.333 e. The normalized spacial score (nSPS) is 14.2. The summed E-state index contributed by atoms with van der Waals surface area (Å²) in [6.07, 6.45) is 0. The molecule has 2 N–H and O–H groups in total. The molecule has 186 valence electrons. The number of hydrogen-bond acceptors (Lipinski definition) is 6. The van der Waals surface area contributed by atoms with Gasteiger partial charge in [-0.05, 0) is 54.9 Å². The van der Waals surface area contributed by atoms with Crippen LogP contribution in [0.3, 0.4) is 0 Å². The lowest BCUT2D eigenvalue weighted by Crippen LogP contribution is -2.63. The molecule has 0 radical (unpaired) electrons. The molecule has 1 heterocycles. The Bertz CT molecular complexity index is 1500. The average Bonchev–Trinajstić information content (AvgIpc) is 3.39. The van der Waals surface area contributed by atoms with E-state index >= 15 is 4.39 Å². The summed E-state index contributed by atoms with van der Waals surface area (Å²) in [5.74, 6) is -2.89. The minimum atomic E-state index is -4.62. The van der Waals surface area contributed by atoms with Crippen LogP contribution in [-0.4, -0.2) is 30.0 Å². The van der Waals surface area contributed by atoms with Gasteiger partial charge in [-0.15, -0.1) is 5.10 Å². The van der Waals surface area contributed by atoms with Gasteiger partial charge in [0, 0.05) is 27.6 Å². The number of quaternary nitrogens is 1. The highest BCUT2D eigenvalue weighted by Gasteiger charge is 2.53. The number of hydrogen-bond donors (Lipinski definition) is 1. The number of primary amides is 1. The summed E-state index contributed by atoms with van der Waals surface area (Å²) in [4.78, 5) is 12.3. The summed E-state index contributed by atoms with van der Waals surface area (Å²) >= 11 is 7.12. The quantitative estimate of drug-likeness (QED) is 0.315. The number of nitrogens with two attached hydrogens (primary N) is 1. The van der Waals surface area contributed by atoms with E-state index in [1.54, 1.807) is 29.6 Å². The van der Waals surface area contributed by atoms with Crippen molar-refractivity contribution in [1.82, 2.24) is 13.5 Å². The van der Waals surface area contributed by atoms with E-state index in [0.717, 1.165) is 23.8 Å². The maximum atomic E-state index is 15.3. The van der Waals surface area contributed by atoms with Gasteiger partial charge >= 0.3 is 10.0 Å². The number of aromatic nitrogens is 2. The number of benzene rings is 3. The van der Waals surface area contributed by atoms with Gasteiger partial charge in [-0.2, -0.15) is 12.3 Å². The Morgan fingerprint density at radius 1 is 1.08 bits per heavy atom. The number of sulfonamides is 1. The van der Waals surface area contributed by atoms with E-state index in [1.165, 1.54) is 42.7 Å². The van der Waals surface area contributed by atoms with Crippen LogP contribution in [0.5, 0.6) is 0 Å². The van der Waals surface area contributed by atoms with Crippen molar-refractivity contribution in [2.24, 2.45) is 5.73 Å². The SMILES string of the molecule is C[C@H](C(N)=O)[N+](Cc1ccc(-c2csnn2)cc1)(c1cc(F)ccc1F)S(=O)(=O)c1ccc(Cl)cc1. The number of carbonyl (C=O) groups excluding carboxylic acids is 1. The molecule has 0 saturated heterocycles. The van der Waals surface area contributed by atoms with E-state index in [-0.39, 0.29) is 9.92 Å². The van der Waals surface area contributed by atoms with E-state index in [1.807, 2.05) is 0 Å². The number of rotatable bonds is 8. The molecule has 0 fully saturated rings. The third kappa shape index (κ3) is 4.62. The predicted molar refractivity (Wildman–Crippen MR) is 134 cm³/mol. The highest BCUT2D eigenvalue weighted by Crippen LogP contribution is 2.40. The summed E-state index contributed by atoms with van der Waals surface area (Å²) in [6.45, 7) is 0.848. The standard InChI is InChI=1S/C24H19ClF2N4O3S2/c1-15(24(28)32)31(23-12-19(26)8-11-21(23)27,36(33,34)20-9-6-18(25)7-10-20)13-16-2-4-17(5-3-16)22-14-35-30-29-22/h2-12,14-15H,13H2,1H3,(H-,28,32)/p+1/t15-,31?/m1/s1. The van der Waals surface area contributed by atoms with Gasteiger partial charge in [-0.1, -0.05) is 40.4 Å². The fraction of sp³-hybridized carbons (Fsp3) is 0.125. The fourth-order valence-corrected chi connectivity index (χ4v) is 6.66. The molecule has 36 heavy (non-hydrogen) atoms. The summed E-state index contributed by atoms with van der Waals surface area (Å²) in [7, 11) is -4.62. The molecule has 2 atom stereocenters. The van der Waals surface area contributed by atoms with Gasteiger partial charge in [0.1, 0.15) is 23.0 Å². The number of amides is 1. The topological polar surface area (TPSA) is 103 Å². The second kappa shape index (κ2) is 10.0. The van der Waals surface area contributed by atoms with Crippen LogP contribution in [0.15, 0.2) is 77.0 Å². The first kappa shape index (κ1) is 25.8. The molecule has 0 spiro atoms. The van der Waals surface area contributed by atoms with Crippen LogP contribution in [0.25, 0.3) is 11.3 Å². The molecular formula is C24H20ClF2N4O3S2+. The Hall–Kier alpha value is -3.25. The first-order valence-corrected chi connectivity index (χ1v) is 13.2. The lowest BCUT2D eigenvalue weighted by Gasteiger charge is -2.40. The van der Waals surface area contributed by atoms with E-state index in [9.17, 15) is 17.6 Å². The largest absolute Gasteiger partial charge is 0.364 e. The maximum absolute atomic E-state index is 15.3.